The number of hydrogen-bond acceptors (Lipinski definition) is 7. The van der Waals surface area contributed by atoms with E-state index in [1.54, 1.807) is 0 Å². The van der Waals surface area contributed by atoms with Gasteiger partial charge in [-0.05, 0) is 17.7 Å². The van der Waals surface area contributed by atoms with Crippen molar-refractivity contribution in [3.8, 4) is 22.9 Å². The smallest absolute Gasteiger partial charge is 0.414 e. The molecule has 0 aliphatic carbocycles. The van der Waals surface area contributed by atoms with Crippen LogP contribution in [0.3, 0.4) is 0 Å². The molecule has 0 bridgehead atoms. The van der Waals surface area contributed by atoms with E-state index < -0.39 is 21.9 Å². The molecule has 10 nitrogen and oxygen atoms in total. The molecule has 2 heterocycles. The minimum Gasteiger partial charge on any atom is -0.504 e. The van der Waals surface area contributed by atoms with E-state index in [2.05, 4.69) is 25.0 Å². The number of benzene rings is 1. The third-order valence-electron chi connectivity index (χ3n) is 3.60. The van der Waals surface area contributed by atoms with Crippen molar-refractivity contribution < 1.29 is 27.4 Å². The molecule has 0 radical (unpaired) electrons. The van der Waals surface area contributed by atoms with Crippen LogP contribution in [0.2, 0.25) is 5.02 Å². The Bertz CT molecular complexity index is 1200. The number of H-pyrrole nitrogens is 1. The standard InChI is InChI=1S/C17H15ClFN5O5S/c1-30(27,28)24-16-21-8-13(25)15(23-16)10-5-14(20-7-10)29-17(26)22-6-9-2-3-12(19)11(18)4-9/h2-5,7-8,20,25H,6H2,1H3,(H,22,26)(H,21,23,24). The number of sulfonamides is 1. The second-order valence-corrected chi connectivity index (χ2v) is 8.20. The SMILES string of the molecule is CS(=O)(=O)Nc1ncc(O)c(-c2c[nH]c(OC(=O)NCc3ccc(F)c(Cl)c3)c2)n1. The van der Waals surface area contributed by atoms with Crippen molar-refractivity contribution in [2.45, 2.75) is 6.54 Å². The number of amides is 1. The molecule has 0 aliphatic heterocycles. The molecule has 2 aromatic heterocycles. The highest BCUT2D eigenvalue weighted by Gasteiger charge is 2.15. The lowest BCUT2D eigenvalue weighted by Crippen LogP contribution is -2.26. The monoisotopic (exact) mass is 455 g/mol. The van der Waals surface area contributed by atoms with E-state index in [1.165, 1.54) is 30.5 Å². The maximum atomic E-state index is 13.2. The fourth-order valence-electron chi connectivity index (χ4n) is 2.33. The molecule has 0 saturated carbocycles. The van der Waals surface area contributed by atoms with Gasteiger partial charge in [-0.2, -0.15) is 0 Å². The van der Waals surface area contributed by atoms with Crippen molar-refractivity contribution in [3.05, 3.63) is 53.1 Å². The van der Waals surface area contributed by atoms with Gasteiger partial charge in [0.15, 0.2) is 5.75 Å². The van der Waals surface area contributed by atoms with Crippen molar-refractivity contribution in [1.29, 1.82) is 0 Å². The average molecular weight is 456 g/mol. The molecule has 0 aliphatic rings. The third kappa shape index (κ3) is 5.58. The van der Waals surface area contributed by atoms with Gasteiger partial charge in [-0.3, -0.25) is 4.72 Å². The van der Waals surface area contributed by atoms with Crippen LogP contribution in [0.15, 0.2) is 36.7 Å². The number of nitrogens with one attached hydrogen (secondary N) is 3. The summed E-state index contributed by atoms with van der Waals surface area (Å²) >= 11 is 5.69. The highest BCUT2D eigenvalue weighted by Crippen LogP contribution is 2.29. The fraction of sp³-hybridized carbons (Fsp3) is 0.118. The molecule has 3 aromatic rings. The first-order valence-electron chi connectivity index (χ1n) is 8.23. The number of rotatable bonds is 6. The number of anilines is 1. The Balaban J connectivity index is 1.66. The number of hydrogen-bond donors (Lipinski definition) is 4. The van der Waals surface area contributed by atoms with E-state index >= 15 is 0 Å². The lowest BCUT2D eigenvalue weighted by atomic mass is 10.2. The number of halogens is 2. The largest absolute Gasteiger partial charge is 0.504 e. The Morgan fingerprint density at radius 1 is 1.37 bits per heavy atom. The van der Waals surface area contributed by atoms with Gasteiger partial charge >= 0.3 is 6.09 Å². The van der Waals surface area contributed by atoms with Crippen molar-refractivity contribution in [2.24, 2.45) is 0 Å². The van der Waals surface area contributed by atoms with Crippen LogP contribution in [0.25, 0.3) is 11.3 Å². The summed E-state index contributed by atoms with van der Waals surface area (Å²) in [6.07, 6.45) is 2.57. The second-order valence-electron chi connectivity index (χ2n) is 6.05. The van der Waals surface area contributed by atoms with E-state index in [0.717, 1.165) is 12.5 Å². The number of carbonyl (C=O) groups is 1. The van der Waals surface area contributed by atoms with E-state index in [4.69, 9.17) is 16.3 Å². The van der Waals surface area contributed by atoms with Crippen LogP contribution in [-0.4, -0.2) is 40.8 Å². The van der Waals surface area contributed by atoms with Crippen molar-refractivity contribution in [1.82, 2.24) is 20.3 Å². The first-order chi connectivity index (χ1) is 14.1. The topological polar surface area (TPSA) is 146 Å². The van der Waals surface area contributed by atoms with E-state index in [1.807, 2.05) is 0 Å². The molecular weight excluding hydrogens is 441 g/mol. The summed E-state index contributed by atoms with van der Waals surface area (Å²) in [5.41, 5.74) is 0.908. The first-order valence-corrected chi connectivity index (χ1v) is 10.5. The highest BCUT2D eigenvalue weighted by atomic mass is 35.5. The number of aromatic amines is 1. The summed E-state index contributed by atoms with van der Waals surface area (Å²) < 4.78 is 43.0. The average Bonchev–Trinajstić information content (AvgIpc) is 3.11. The Labute approximate surface area is 175 Å². The molecule has 1 amide bonds. The number of aromatic nitrogens is 3. The van der Waals surface area contributed by atoms with Gasteiger partial charge in [0.1, 0.15) is 11.5 Å². The predicted octanol–water partition coefficient (Wildman–Crippen LogP) is 2.63. The lowest BCUT2D eigenvalue weighted by molar-refractivity contribution is 0.198. The Morgan fingerprint density at radius 3 is 2.83 bits per heavy atom. The summed E-state index contributed by atoms with van der Waals surface area (Å²) in [6, 6.07) is 5.40. The molecule has 0 unspecified atom stereocenters. The molecule has 0 saturated heterocycles. The molecule has 0 spiro atoms. The summed E-state index contributed by atoms with van der Waals surface area (Å²) in [5, 5.41) is 12.4. The number of carbonyl (C=O) groups excluding carboxylic acids is 1. The molecule has 158 valence electrons. The van der Waals surface area contributed by atoms with Crippen LogP contribution in [0.1, 0.15) is 5.56 Å². The van der Waals surface area contributed by atoms with Crippen molar-refractivity contribution >= 4 is 33.7 Å². The molecular formula is C17H15ClFN5O5S. The minimum atomic E-state index is -3.61. The van der Waals surface area contributed by atoms with E-state index in [-0.39, 0.29) is 34.8 Å². The molecule has 0 fully saturated rings. The zero-order chi connectivity index (χ0) is 21.9. The summed E-state index contributed by atoms with van der Waals surface area (Å²) in [5.74, 6) is -1.07. The van der Waals surface area contributed by atoms with Crippen molar-refractivity contribution in [2.75, 3.05) is 11.0 Å². The van der Waals surface area contributed by atoms with Gasteiger partial charge in [0.2, 0.25) is 21.9 Å². The van der Waals surface area contributed by atoms with Crippen LogP contribution in [0.4, 0.5) is 15.1 Å². The second kappa shape index (κ2) is 8.55. The van der Waals surface area contributed by atoms with Crippen LogP contribution in [0.5, 0.6) is 11.6 Å². The predicted molar refractivity (Wildman–Crippen MR) is 106 cm³/mol. The number of nitrogens with zero attached hydrogens (tertiary/aromatic N) is 2. The van der Waals surface area contributed by atoms with Gasteiger partial charge in [-0.15, -0.1) is 0 Å². The van der Waals surface area contributed by atoms with E-state index in [9.17, 15) is 22.7 Å². The summed E-state index contributed by atoms with van der Waals surface area (Å²) in [4.78, 5) is 22.3. The lowest BCUT2D eigenvalue weighted by Gasteiger charge is -2.06. The summed E-state index contributed by atoms with van der Waals surface area (Å²) in [6.45, 7) is 0.0552. The van der Waals surface area contributed by atoms with Gasteiger partial charge in [-0.25, -0.2) is 27.6 Å². The minimum absolute atomic E-state index is 0.0172. The Kier molecular flexibility index (Phi) is 6.08. The summed E-state index contributed by atoms with van der Waals surface area (Å²) in [7, 11) is -3.61. The molecule has 3 rings (SSSR count). The Hall–Kier alpha value is -3.38. The van der Waals surface area contributed by atoms with Crippen LogP contribution < -0.4 is 14.8 Å². The van der Waals surface area contributed by atoms with Crippen molar-refractivity contribution in [3.63, 3.8) is 0 Å². The number of ether oxygens (including phenoxy) is 1. The maximum absolute atomic E-state index is 13.2. The zero-order valence-electron chi connectivity index (χ0n) is 15.3. The van der Waals surface area contributed by atoms with Gasteiger partial charge in [0.05, 0.1) is 17.5 Å². The maximum Gasteiger partial charge on any atom is 0.414 e. The zero-order valence-corrected chi connectivity index (χ0v) is 16.9. The molecule has 4 N–H and O–H groups in total. The van der Waals surface area contributed by atoms with E-state index in [0.29, 0.717) is 11.1 Å². The molecule has 1 aromatic carbocycles. The quantitative estimate of drug-likeness (QED) is 0.446. The first kappa shape index (κ1) is 21.3. The molecule has 30 heavy (non-hydrogen) atoms. The van der Waals surface area contributed by atoms with Gasteiger partial charge < -0.3 is 20.1 Å². The van der Waals surface area contributed by atoms with Crippen LogP contribution >= 0.6 is 11.6 Å². The van der Waals surface area contributed by atoms with Crippen LogP contribution in [0, 0.1) is 5.82 Å². The van der Waals surface area contributed by atoms with Gasteiger partial charge in [-0.1, -0.05) is 17.7 Å². The normalized spacial score (nSPS) is 11.2. The Morgan fingerprint density at radius 2 is 2.13 bits per heavy atom. The molecule has 13 heteroatoms. The third-order valence-corrected chi connectivity index (χ3v) is 4.44. The van der Waals surface area contributed by atoms with Crippen LogP contribution in [-0.2, 0) is 16.6 Å². The highest BCUT2D eigenvalue weighted by molar-refractivity contribution is 7.91. The fourth-order valence-corrected chi connectivity index (χ4v) is 2.96. The van der Waals surface area contributed by atoms with Gasteiger partial charge in [0, 0.05) is 24.4 Å². The van der Waals surface area contributed by atoms with Gasteiger partial charge in [0.25, 0.3) is 0 Å². The molecule has 0 atom stereocenters. The number of aromatic hydroxyl groups is 1.